The summed E-state index contributed by atoms with van der Waals surface area (Å²) < 4.78 is 12.9. The van der Waals surface area contributed by atoms with Gasteiger partial charge in [-0.25, -0.2) is 9.37 Å². The number of carbonyl (C=O) groups is 1. The van der Waals surface area contributed by atoms with Crippen molar-refractivity contribution >= 4 is 22.6 Å². The molecule has 4 aromatic rings. The first kappa shape index (κ1) is 22.2. The zero-order valence-corrected chi connectivity index (χ0v) is 18.9. The van der Waals surface area contributed by atoms with Crippen molar-refractivity contribution in [2.75, 3.05) is 18.4 Å². The number of pyridine rings is 2. The molecule has 3 aromatic heterocycles. The summed E-state index contributed by atoms with van der Waals surface area (Å²) in [6, 6.07) is 11.1. The van der Waals surface area contributed by atoms with Crippen LogP contribution in [0.1, 0.15) is 47.3 Å². The minimum absolute atomic E-state index is 0.262. The first-order valence-electron chi connectivity index (χ1n) is 11.7. The van der Waals surface area contributed by atoms with Gasteiger partial charge in [-0.05, 0) is 73.0 Å². The fourth-order valence-corrected chi connectivity index (χ4v) is 4.45. The van der Waals surface area contributed by atoms with Gasteiger partial charge in [0.25, 0.3) is 5.91 Å². The van der Waals surface area contributed by atoms with E-state index in [1.165, 1.54) is 43.5 Å². The Kier molecular flexibility index (Phi) is 6.58. The molecule has 1 aliphatic rings. The van der Waals surface area contributed by atoms with Crippen LogP contribution in [0.15, 0.2) is 55.0 Å². The third-order valence-electron chi connectivity index (χ3n) is 6.23. The topological polar surface area (TPSA) is 86.8 Å². The van der Waals surface area contributed by atoms with Crippen LogP contribution in [-0.2, 0) is 13.2 Å². The number of hydrogen-bond donors (Lipinski definition) is 2. The number of anilines is 1. The molecule has 1 fully saturated rings. The Morgan fingerprint density at radius 1 is 1.00 bits per heavy atom. The fraction of sp³-hybridized carbons (Fsp3) is 0.308. The number of nitrogens with one attached hydrogen (secondary N) is 2. The molecular weight excluding hydrogens is 431 g/mol. The summed E-state index contributed by atoms with van der Waals surface area (Å²) in [5, 5.41) is 10.5. The number of rotatable bonds is 6. The Bertz CT molecular complexity index is 1300. The Hall–Kier alpha value is -3.65. The van der Waals surface area contributed by atoms with E-state index in [0.717, 1.165) is 36.3 Å². The molecule has 1 aromatic carbocycles. The maximum Gasteiger partial charge on any atom is 0.277 e. The summed E-state index contributed by atoms with van der Waals surface area (Å²) in [6.45, 7) is 2.54. The number of halogens is 1. The van der Waals surface area contributed by atoms with Crippen molar-refractivity contribution in [1.29, 1.82) is 0 Å². The molecule has 2 N–H and O–H groups in total. The largest absolute Gasteiger partial charge is 0.305 e. The SMILES string of the molecule is O=C(Nc1cc(CF)ccn1)c1n[nH]c2ccc(-c3cncc(CN4CCCCCC4)c3)cc12. The number of carbonyl (C=O) groups excluding carboxylic acids is 1. The molecule has 0 radical (unpaired) electrons. The van der Waals surface area contributed by atoms with E-state index in [0.29, 0.717) is 10.9 Å². The Morgan fingerprint density at radius 2 is 1.85 bits per heavy atom. The normalized spacial score (nSPS) is 14.7. The van der Waals surface area contributed by atoms with Crippen molar-refractivity contribution in [2.45, 2.75) is 38.9 Å². The van der Waals surface area contributed by atoms with Gasteiger partial charge in [-0.1, -0.05) is 18.9 Å². The van der Waals surface area contributed by atoms with Gasteiger partial charge in [0.15, 0.2) is 5.69 Å². The van der Waals surface area contributed by atoms with Crippen LogP contribution >= 0.6 is 0 Å². The predicted octanol–water partition coefficient (Wildman–Crippen LogP) is 5.12. The summed E-state index contributed by atoms with van der Waals surface area (Å²) in [7, 11) is 0. The first-order valence-corrected chi connectivity index (χ1v) is 11.7. The van der Waals surface area contributed by atoms with Gasteiger partial charge in [-0.2, -0.15) is 5.10 Å². The van der Waals surface area contributed by atoms with Crippen molar-refractivity contribution in [3.05, 3.63) is 71.8 Å². The number of alkyl halides is 1. The predicted molar refractivity (Wildman–Crippen MR) is 130 cm³/mol. The first-order chi connectivity index (χ1) is 16.7. The molecule has 0 aliphatic carbocycles. The highest BCUT2D eigenvalue weighted by Crippen LogP contribution is 2.26. The number of aromatic amines is 1. The lowest BCUT2D eigenvalue weighted by atomic mass is 10.0. The lowest BCUT2D eigenvalue weighted by Gasteiger charge is -2.19. The molecule has 0 saturated carbocycles. The molecule has 0 unspecified atom stereocenters. The zero-order valence-electron chi connectivity index (χ0n) is 18.9. The molecular formula is C26H27FN6O. The minimum Gasteiger partial charge on any atom is -0.305 e. The molecule has 34 heavy (non-hydrogen) atoms. The van der Waals surface area contributed by atoms with E-state index in [1.807, 2.05) is 30.6 Å². The fourth-order valence-electron chi connectivity index (χ4n) is 4.45. The highest BCUT2D eigenvalue weighted by molar-refractivity contribution is 6.11. The van der Waals surface area contributed by atoms with E-state index >= 15 is 0 Å². The van der Waals surface area contributed by atoms with Crippen LogP contribution in [0.4, 0.5) is 10.2 Å². The molecule has 0 bridgehead atoms. The molecule has 4 heterocycles. The number of H-pyrrole nitrogens is 1. The van der Waals surface area contributed by atoms with Crippen molar-refractivity contribution in [3.63, 3.8) is 0 Å². The monoisotopic (exact) mass is 458 g/mol. The van der Waals surface area contributed by atoms with E-state index in [9.17, 15) is 9.18 Å². The lowest BCUT2D eigenvalue weighted by Crippen LogP contribution is -2.24. The average Bonchev–Trinajstić information content (AvgIpc) is 3.13. The van der Waals surface area contributed by atoms with Gasteiger partial charge in [-0.3, -0.25) is 19.8 Å². The molecule has 1 amide bonds. The number of benzene rings is 1. The lowest BCUT2D eigenvalue weighted by molar-refractivity contribution is 0.102. The van der Waals surface area contributed by atoms with E-state index in [1.54, 1.807) is 6.07 Å². The Balaban J connectivity index is 1.39. The van der Waals surface area contributed by atoms with Gasteiger partial charge in [-0.15, -0.1) is 0 Å². The molecule has 0 atom stereocenters. The third kappa shape index (κ3) is 4.97. The number of fused-ring (bicyclic) bond motifs is 1. The van der Waals surface area contributed by atoms with Gasteiger partial charge in [0.2, 0.25) is 0 Å². The highest BCUT2D eigenvalue weighted by Gasteiger charge is 2.16. The van der Waals surface area contributed by atoms with Crippen LogP contribution in [0.25, 0.3) is 22.0 Å². The standard InChI is InChI=1S/C26H27FN6O/c27-14-18-7-8-29-24(12-18)30-26(34)25-22-13-20(5-6-23(22)31-32-25)21-11-19(15-28-16-21)17-33-9-3-1-2-4-10-33/h5-8,11-13,15-16H,1-4,9-10,14,17H2,(H,31,32)(H,29,30,34). The summed E-state index contributed by atoms with van der Waals surface area (Å²) in [6.07, 6.45) is 10.4. The van der Waals surface area contributed by atoms with E-state index in [4.69, 9.17) is 0 Å². The summed E-state index contributed by atoms with van der Waals surface area (Å²) in [5.74, 6) is -0.113. The van der Waals surface area contributed by atoms with Crippen LogP contribution < -0.4 is 5.32 Å². The Labute approximate surface area is 197 Å². The van der Waals surface area contributed by atoms with Crippen LogP contribution in [0.2, 0.25) is 0 Å². The van der Waals surface area contributed by atoms with Gasteiger partial charge < -0.3 is 5.32 Å². The molecule has 7 nitrogen and oxygen atoms in total. The smallest absolute Gasteiger partial charge is 0.277 e. The van der Waals surface area contributed by atoms with Crippen LogP contribution in [-0.4, -0.2) is 44.1 Å². The second-order valence-corrected chi connectivity index (χ2v) is 8.74. The zero-order chi connectivity index (χ0) is 23.3. The second kappa shape index (κ2) is 10.1. The highest BCUT2D eigenvalue weighted by atomic mass is 19.1. The van der Waals surface area contributed by atoms with Gasteiger partial charge in [0, 0.05) is 36.1 Å². The van der Waals surface area contributed by atoms with E-state index < -0.39 is 12.6 Å². The van der Waals surface area contributed by atoms with Gasteiger partial charge in [0.05, 0.1) is 5.52 Å². The van der Waals surface area contributed by atoms with Crippen molar-refractivity contribution in [2.24, 2.45) is 0 Å². The number of likely N-dealkylation sites (tertiary alicyclic amines) is 1. The quantitative estimate of drug-likeness (QED) is 0.419. The molecule has 174 valence electrons. The van der Waals surface area contributed by atoms with Gasteiger partial charge >= 0.3 is 0 Å². The second-order valence-electron chi connectivity index (χ2n) is 8.74. The average molecular weight is 459 g/mol. The molecule has 1 aliphatic heterocycles. The maximum absolute atomic E-state index is 12.9. The number of aromatic nitrogens is 4. The molecule has 8 heteroatoms. The number of nitrogens with zero attached hydrogens (tertiary/aromatic N) is 4. The van der Waals surface area contributed by atoms with Crippen LogP contribution in [0.5, 0.6) is 0 Å². The Morgan fingerprint density at radius 3 is 2.68 bits per heavy atom. The van der Waals surface area contributed by atoms with Crippen LogP contribution in [0, 0.1) is 0 Å². The molecule has 5 rings (SSSR count). The molecule has 1 saturated heterocycles. The number of hydrogen-bond acceptors (Lipinski definition) is 5. The van der Waals surface area contributed by atoms with E-state index in [2.05, 4.69) is 36.4 Å². The van der Waals surface area contributed by atoms with Gasteiger partial charge in [0.1, 0.15) is 12.5 Å². The van der Waals surface area contributed by atoms with Crippen molar-refractivity contribution < 1.29 is 9.18 Å². The summed E-state index contributed by atoms with van der Waals surface area (Å²) in [4.78, 5) is 24.0. The summed E-state index contributed by atoms with van der Waals surface area (Å²) in [5.41, 5.74) is 4.62. The minimum atomic E-state index is -0.620. The molecule has 0 spiro atoms. The number of amides is 1. The van der Waals surface area contributed by atoms with E-state index in [-0.39, 0.29) is 11.5 Å². The third-order valence-corrected chi connectivity index (χ3v) is 6.23. The van der Waals surface area contributed by atoms with Crippen molar-refractivity contribution in [3.8, 4) is 11.1 Å². The summed E-state index contributed by atoms with van der Waals surface area (Å²) >= 11 is 0. The van der Waals surface area contributed by atoms with Crippen molar-refractivity contribution in [1.82, 2.24) is 25.1 Å². The van der Waals surface area contributed by atoms with Crippen LogP contribution in [0.3, 0.4) is 0 Å². The maximum atomic E-state index is 12.9.